The van der Waals surface area contributed by atoms with Gasteiger partial charge >= 0.3 is 0 Å². The summed E-state index contributed by atoms with van der Waals surface area (Å²) in [6.45, 7) is 2.45. The number of rotatable bonds is 1. The van der Waals surface area contributed by atoms with Crippen LogP contribution < -0.4 is 5.32 Å². The zero-order valence-electron chi connectivity index (χ0n) is 7.61. The van der Waals surface area contributed by atoms with Gasteiger partial charge in [-0.1, -0.05) is 6.07 Å². The molecule has 1 saturated heterocycles. The second kappa shape index (κ2) is 2.81. The first kappa shape index (κ1) is 7.51. The molecule has 2 nitrogen and oxygen atoms in total. The molecule has 0 aromatic carbocycles. The van der Waals surface area contributed by atoms with E-state index in [0.717, 1.165) is 17.8 Å². The Morgan fingerprint density at radius 2 is 2.38 bits per heavy atom. The predicted molar refractivity (Wildman–Crippen MR) is 51.4 cm³/mol. The van der Waals surface area contributed by atoms with Crippen molar-refractivity contribution in [2.45, 2.75) is 12.3 Å². The van der Waals surface area contributed by atoms with Gasteiger partial charge in [0.1, 0.15) is 0 Å². The van der Waals surface area contributed by atoms with E-state index >= 15 is 0 Å². The number of pyridine rings is 1. The number of aromatic nitrogens is 1. The van der Waals surface area contributed by atoms with Crippen molar-refractivity contribution in [3.05, 3.63) is 30.1 Å². The monoisotopic (exact) mass is 174 g/mol. The molecule has 0 radical (unpaired) electrons. The molecule has 2 heteroatoms. The van der Waals surface area contributed by atoms with Crippen LogP contribution in [0.1, 0.15) is 17.9 Å². The predicted octanol–water partition coefficient (Wildman–Crippen LogP) is 1.40. The maximum atomic E-state index is 4.18. The molecule has 3 atom stereocenters. The first-order valence-corrected chi connectivity index (χ1v) is 5.06. The molecule has 1 aliphatic carbocycles. The van der Waals surface area contributed by atoms with Crippen molar-refractivity contribution >= 4 is 0 Å². The van der Waals surface area contributed by atoms with Crippen LogP contribution in [0.2, 0.25) is 0 Å². The van der Waals surface area contributed by atoms with Gasteiger partial charge in [0.2, 0.25) is 0 Å². The zero-order chi connectivity index (χ0) is 8.67. The Morgan fingerprint density at radius 1 is 1.38 bits per heavy atom. The first-order valence-electron chi connectivity index (χ1n) is 5.06. The largest absolute Gasteiger partial charge is 0.316 e. The lowest BCUT2D eigenvalue weighted by Crippen LogP contribution is -2.33. The summed E-state index contributed by atoms with van der Waals surface area (Å²) in [4.78, 5) is 4.18. The summed E-state index contributed by atoms with van der Waals surface area (Å²) >= 11 is 0. The average molecular weight is 174 g/mol. The first-order chi connectivity index (χ1) is 6.45. The molecule has 1 saturated carbocycles. The van der Waals surface area contributed by atoms with Crippen LogP contribution in [-0.4, -0.2) is 18.1 Å². The van der Waals surface area contributed by atoms with Crippen LogP contribution in [0, 0.1) is 11.8 Å². The summed E-state index contributed by atoms with van der Waals surface area (Å²) < 4.78 is 0. The highest BCUT2D eigenvalue weighted by Crippen LogP contribution is 2.48. The van der Waals surface area contributed by atoms with Gasteiger partial charge in [0.25, 0.3) is 0 Å². The van der Waals surface area contributed by atoms with Gasteiger partial charge < -0.3 is 5.32 Å². The Labute approximate surface area is 78.4 Å². The van der Waals surface area contributed by atoms with Gasteiger partial charge in [0.05, 0.1) is 0 Å². The zero-order valence-corrected chi connectivity index (χ0v) is 7.61. The lowest BCUT2D eigenvalue weighted by molar-refractivity contribution is 0.191. The van der Waals surface area contributed by atoms with E-state index in [1.165, 1.54) is 25.1 Å². The number of fused-ring (bicyclic) bond motifs is 1. The van der Waals surface area contributed by atoms with Crippen molar-refractivity contribution in [1.82, 2.24) is 10.3 Å². The second-order valence-electron chi connectivity index (χ2n) is 4.21. The van der Waals surface area contributed by atoms with Crippen molar-refractivity contribution < 1.29 is 0 Å². The van der Waals surface area contributed by atoms with Crippen LogP contribution in [0.15, 0.2) is 24.5 Å². The highest BCUT2D eigenvalue weighted by Gasteiger charge is 2.44. The van der Waals surface area contributed by atoms with E-state index in [1.807, 2.05) is 18.5 Å². The van der Waals surface area contributed by atoms with E-state index in [9.17, 15) is 0 Å². The van der Waals surface area contributed by atoms with Gasteiger partial charge in [0, 0.05) is 12.4 Å². The summed E-state index contributed by atoms with van der Waals surface area (Å²) in [6.07, 6.45) is 5.25. The third kappa shape index (κ3) is 1.09. The fourth-order valence-electron chi connectivity index (χ4n) is 2.77. The van der Waals surface area contributed by atoms with Gasteiger partial charge in [-0.15, -0.1) is 0 Å². The van der Waals surface area contributed by atoms with E-state index in [-0.39, 0.29) is 0 Å². The highest BCUT2D eigenvalue weighted by molar-refractivity contribution is 5.21. The Bertz CT molecular complexity index is 296. The summed E-state index contributed by atoms with van der Waals surface area (Å²) in [5.74, 6) is 2.63. The fourth-order valence-corrected chi connectivity index (χ4v) is 2.77. The van der Waals surface area contributed by atoms with Crippen LogP contribution in [0.4, 0.5) is 0 Å². The normalized spacial score (nSPS) is 36.8. The van der Waals surface area contributed by atoms with E-state index < -0.39 is 0 Å². The molecule has 1 aliphatic heterocycles. The maximum absolute atomic E-state index is 4.18. The van der Waals surface area contributed by atoms with Crippen LogP contribution in [-0.2, 0) is 0 Å². The van der Waals surface area contributed by atoms with Crippen molar-refractivity contribution in [3.8, 4) is 0 Å². The van der Waals surface area contributed by atoms with Gasteiger partial charge in [-0.25, -0.2) is 0 Å². The molecule has 1 N–H and O–H groups in total. The molecule has 2 aliphatic rings. The molecule has 0 spiro atoms. The summed E-state index contributed by atoms with van der Waals surface area (Å²) in [5.41, 5.74) is 1.44. The van der Waals surface area contributed by atoms with Crippen LogP contribution >= 0.6 is 0 Å². The Morgan fingerprint density at radius 3 is 3.15 bits per heavy atom. The quantitative estimate of drug-likeness (QED) is 0.696. The summed E-state index contributed by atoms with van der Waals surface area (Å²) in [5, 5.41) is 3.46. The van der Waals surface area contributed by atoms with Crippen LogP contribution in [0.3, 0.4) is 0 Å². The fraction of sp³-hybridized carbons (Fsp3) is 0.545. The third-order valence-corrected chi connectivity index (χ3v) is 3.58. The number of nitrogens with one attached hydrogen (secondary N) is 1. The van der Waals surface area contributed by atoms with Crippen molar-refractivity contribution in [2.24, 2.45) is 11.8 Å². The third-order valence-electron chi connectivity index (χ3n) is 3.58. The minimum Gasteiger partial charge on any atom is -0.316 e. The lowest BCUT2D eigenvalue weighted by Gasteiger charge is -2.39. The molecule has 3 rings (SSSR count). The summed E-state index contributed by atoms with van der Waals surface area (Å²) in [6, 6.07) is 4.26. The van der Waals surface area contributed by atoms with Crippen molar-refractivity contribution in [2.75, 3.05) is 13.1 Å². The molecule has 0 amide bonds. The summed E-state index contributed by atoms with van der Waals surface area (Å²) in [7, 11) is 0. The van der Waals surface area contributed by atoms with E-state index in [0.29, 0.717) is 0 Å². The Hall–Kier alpha value is -0.890. The molecule has 68 valence electrons. The lowest BCUT2D eigenvalue weighted by atomic mass is 9.64. The number of hydrogen-bond donors (Lipinski definition) is 1. The Balaban J connectivity index is 1.81. The molecule has 1 aromatic heterocycles. The molecule has 3 unspecified atom stereocenters. The van der Waals surface area contributed by atoms with Crippen molar-refractivity contribution in [3.63, 3.8) is 0 Å². The number of hydrogen-bond acceptors (Lipinski definition) is 2. The highest BCUT2D eigenvalue weighted by atomic mass is 14.9. The molecule has 13 heavy (non-hydrogen) atoms. The topological polar surface area (TPSA) is 24.9 Å². The van der Waals surface area contributed by atoms with E-state index in [1.54, 1.807) is 0 Å². The van der Waals surface area contributed by atoms with Gasteiger partial charge in [-0.3, -0.25) is 4.98 Å². The number of nitrogens with zero attached hydrogens (tertiary/aromatic N) is 1. The minimum atomic E-state index is 0.786. The molecular formula is C11H14N2. The second-order valence-corrected chi connectivity index (χ2v) is 4.21. The van der Waals surface area contributed by atoms with Crippen LogP contribution in [0.25, 0.3) is 0 Å². The minimum absolute atomic E-state index is 0.786. The SMILES string of the molecule is c1cncc(C2CC3CNCC32)c1. The van der Waals surface area contributed by atoms with E-state index in [2.05, 4.69) is 16.4 Å². The molecule has 1 aromatic rings. The van der Waals surface area contributed by atoms with Crippen molar-refractivity contribution in [1.29, 1.82) is 0 Å². The molecule has 2 fully saturated rings. The van der Waals surface area contributed by atoms with E-state index in [4.69, 9.17) is 0 Å². The smallest absolute Gasteiger partial charge is 0.0302 e. The average Bonchev–Trinajstić information content (AvgIpc) is 2.50. The molecular weight excluding hydrogens is 160 g/mol. The molecule has 0 bridgehead atoms. The van der Waals surface area contributed by atoms with Crippen LogP contribution in [0.5, 0.6) is 0 Å². The Kier molecular flexibility index (Phi) is 1.62. The maximum Gasteiger partial charge on any atom is 0.0302 e. The van der Waals surface area contributed by atoms with Gasteiger partial charge in [0.15, 0.2) is 0 Å². The van der Waals surface area contributed by atoms with Gasteiger partial charge in [-0.05, 0) is 48.9 Å². The molecule has 2 heterocycles. The standard InChI is InChI=1S/C11H14N2/c1-2-8(5-12-3-1)10-4-9-6-13-7-11(9)10/h1-3,5,9-11,13H,4,6-7H2. The van der Waals surface area contributed by atoms with Gasteiger partial charge in [-0.2, -0.15) is 0 Å².